The first kappa shape index (κ1) is 17.1. The molecule has 0 radical (unpaired) electrons. The Morgan fingerprint density at radius 1 is 1.15 bits per heavy atom. The molecule has 6 nitrogen and oxygen atoms in total. The van der Waals surface area contributed by atoms with Gasteiger partial charge in [0.1, 0.15) is 5.54 Å². The predicted molar refractivity (Wildman–Crippen MR) is 102 cm³/mol. The highest BCUT2D eigenvalue weighted by atomic mass is 16.2. The van der Waals surface area contributed by atoms with Crippen molar-refractivity contribution in [3.05, 3.63) is 48.3 Å². The van der Waals surface area contributed by atoms with Gasteiger partial charge in [-0.3, -0.25) is 14.4 Å². The fraction of sp³-hybridized carbons (Fsp3) is 0.500. The van der Waals surface area contributed by atoms with Gasteiger partial charge in [-0.1, -0.05) is 18.2 Å². The molecule has 138 valence electrons. The Bertz CT molecular complexity index is 745. The summed E-state index contributed by atoms with van der Waals surface area (Å²) in [6, 6.07) is 10.1. The molecule has 6 heteroatoms. The van der Waals surface area contributed by atoms with Gasteiger partial charge in [0.2, 0.25) is 5.91 Å². The van der Waals surface area contributed by atoms with Crippen LogP contribution in [0.4, 0.5) is 5.69 Å². The van der Waals surface area contributed by atoms with E-state index in [1.54, 1.807) is 0 Å². The standard InChI is InChI=1S/C20H27N5O/c1-23-15-17(14-21-23)16-24-12-8-20(9-13-24,19(26)25-10-5-11-25)22-18-6-3-2-4-7-18/h2-4,6-7,14-15,22H,5,8-13,16H2,1H3. The molecule has 0 bridgehead atoms. The molecular weight excluding hydrogens is 326 g/mol. The van der Waals surface area contributed by atoms with Gasteiger partial charge < -0.3 is 10.2 Å². The number of rotatable bonds is 5. The van der Waals surface area contributed by atoms with Crippen LogP contribution in [0.15, 0.2) is 42.7 Å². The number of nitrogens with zero attached hydrogens (tertiary/aromatic N) is 4. The first-order valence-electron chi connectivity index (χ1n) is 9.47. The van der Waals surface area contributed by atoms with Crippen LogP contribution >= 0.6 is 0 Å². The summed E-state index contributed by atoms with van der Waals surface area (Å²) < 4.78 is 1.84. The van der Waals surface area contributed by atoms with E-state index < -0.39 is 5.54 Å². The van der Waals surface area contributed by atoms with Crippen LogP contribution in [0.25, 0.3) is 0 Å². The summed E-state index contributed by atoms with van der Waals surface area (Å²) in [6.45, 7) is 4.52. The maximum absolute atomic E-state index is 13.2. The highest BCUT2D eigenvalue weighted by Gasteiger charge is 2.44. The van der Waals surface area contributed by atoms with Crippen LogP contribution in [0, 0.1) is 0 Å². The normalized spacial score (nSPS) is 19.8. The van der Waals surface area contributed by atoms with Crippen molar-refractivity contribution in [3.8, 4) is 0 Å². The molecule has 1 N–H and O–H groups in total. The Morgan fingerprint density at radius 2 is 1.88 bits per heavy atom. The molecular formula is C20H27N5O. The van der Waals surface area contributed by atoms with Crippen molar-refractivity contribution in [1.29, 1.82) is 0 Å². The molecule has 26 heavy (non-hydrogen) atoms. The SMILES string of the molecule is Cn1cc(CN2CCC(Nc3ccccc3)(C(=O)N3CCC3)CC2)cn1. The third-order valence-corrected chi connectivity index (χ3v) is 5.58. The number of aryl methyl sites for hydroxylation is 1. The average Bonchev–Trinajstić information content (AvgIpc) is 3.01. The maximum atomic E-state index is 13.2. The van der Waals surface area contributed by atoms with Crippen molar-refractivity contribution in [2.75, 3.05) is 31.5 Å². The number of hydrogen-bond donors (Lipinski definition) is 1. The Kier molecular flexibility index (Phi) is 4.68. The van der Waals surface area contributed by atoms with E-state index in [-0.39, 0.29) is 5.91 Å². The van der Waals surface area contributed by atoms with Crippen molar-refractivity contribution in [1.82, 2.24) is 19.6 Å². The van der Waals surface area contributed by atoms with Crippen LogP contribution in [0.5, 0.6) is 0 Å². The zero-order valence-electron chi connectivity index (χ0n) is 15.4. The van der Waals surface area contributed by atoms with Gasteiger partial charge in [-0.05, 0) is 31.4 Å². The van der Waals surface area contributed by atoms with Gasteiger partial charge >= 0.3 is 0 Å². The summed E-state index contributed by atoms with van der Waals surface area (Å²) in [5.74, 6) is 0.272. The number of carbonyl (C=O) groups excluding carboxylic acids is 1. The molecule has 1 amide bonds. The molecule has 3 heterocycles. The lowest BCUT2D eigenvalue weighted by Gasteiger charge is -2.46. The number of anilines is 1. The molecule has 4 rings (SSSR count). The zero-order valence-corrected chi connectivity index (χ0v) is 15.4. The summed E-state index contributed by atoms with van der Waals surface area (Å²) in [5, 5.41) is 7.85. The number of likely N-dealkylation sites (tertiary alicyclic amines) is 2. The number of piperidine rings is 1. The van der Waals surface area contributed by atoms with Gasteiger partial charge in [-0.15, -0.1) is 0 Å². The number of hydrogen-bond acceptors (Lipinski definition) is 4. The van der Waals surface area contributed by atoms with E-state index in [9.17, 15) is 4.79 Å². The average molecular weight is 353 g/mol. The second-order valence-corrected chi connectivity index (χ2v) is 7.52. The van der Waals surface area contributed by atoms with Gasteiger partial charge in [-0.2, -0.15) is 5.10 Å². The molecule has 2 saturated heterocycles. The summed E-state index contributed by atoms with van der Waals surface area (Å²) in [4.78, 5) is 17.6. The molecule has 2 aliphatic heterocycles. The van der Waals surface area contributed by atoms with Gasteiger partial charge in [0.25, 0.3) is 0 Å². The molecule has 1 aromatic heterocycles. The van der Waals surface area contributed by atoms with Gasteiger partial charge in [0.05, 0.1) is 6.20 Å². The molecule has 0 aliphatic carbocycles. The first-order chi connectivity index (χ1) is 12.6. The van der Waals surface area contributed by atoms with E-state index in [0.29, 0.717) is 0 Å². The van der Waals surface area contributed by atoms with Gasteiger partial charge in [0.15, 0.2) is 0 Å². The quantitative estimate of drug-likeness (QED) is 0.894. The number of para-hydroxylation sites is 1. The lowest BCUT2D eigenvalue weighted by Crippen LogP contribution is -2.61. The predicted octanol–water partition coefficient (Wildman–Crippen LogP) is 2.10. The van der Waals surface area contributed by atoms with Crippen LogP contribution in [0.1, 0.15) is 24.8 Å². The second-order valence-electron chi connectivity index (χ2n) is 7.52. The minimum Gasteiger partial charge on any atom is -0.371 e. The maximum Gasteiger partial charge on any atom is 0.248 e. The minimum absolute atomic E-state index is 0.272. The van der Waals surface area contributed by atoms with Crippen molar-refractivity contribution in [2.24, 2.45) is 7.05 Å². The fourth-order valence-electron chi connectivity index (χ4n) is 3.92. The molecule has 2 aliphatic rings. The number of amides is 1. The highest BCUT2D eigenvalue weighted by Crippen LogP contribution is 2.31. The summed E-state index contributed by atoms with van der Waals surface area (Å²) in [6.07, 6.45) is 6.78. The molecule has 0 atom stereocenters. The van der Waals surface area contributed by atoms with Gasteiger partial charge in [-0.25, -0.2) is 0 Å². The van der Waals surface area contributed by atoms with E-state index in [0.717, 1.165) is 57.7 Å². The zero-order chi connectivity index (χ0) is 18.0. The van der Waals surface area contributed by atoms with Crippen molar-refractivity contribution in [3.63, 3.8) is 0 Å². The van der Waals surface area contributed by atoms with E-state index in [4.69, 9.17) is 0 Å². The summed E-state index contributed by atoms with van der Waals surface area (Å²) in [5.41, 5.74) is 1.78. The van der Waals surface area contributed by atoms with Crippen molar-refractivity contribution in [2.45, 2.75) is 31.3 Å². The lowest BCUT2D eigenvalue weighted by molar-refractivity contribution is -0.141. The van der Waals surface area contributed by atoms with Crippen LogP contribution in [0.3, 0.4) is 0 Å². The second kappa shape index (κ2) is 7.11. The summed E-state index contributed by atoms with van der Waals surface area (Å²) >= 11 is 0. The number of carbonyl (C=O) groups is 1. The minimum atomic E-state index is -0.479. The largest absolute Gasteiger partial charge is 0.371 e. The smallest absolute Gasteiger partial charge is 0.248 e. The van der Waals surface area contributed by atoms with Crippen molar-refractivity contribution < 1.29 is 4.79 Å². The van der Waals surface area contributed by atoms with E-state index in [1.807, 2.05) is 53.2 Å². The van der Waals surface area contributed by atoms with Crippen LogP contribution < -0.4 is 5.32 Å². The fourth-order valence-corrected chi connectivity index (χ4v) is 3.92. The Balaban J connectivity index is 1.47. The molecule has 0 unspecified atom stereocenters. The first-order valence-corrected chi connectivity index (χ1v) is 9.47. The number of nitrogens with one attached hydrogen (secondary N) is 1. The number of aromatic nitrogens is 2. The topological polar surface area (TPSA) is 53.4 Å². The third kappa shape index (κ3) is 3.46. The highest BCUT2D eigenvalue weighted by molar-refractivity contribution is 5.90. The van der Waals surface area contributed by atoms with Crippen molar-refractivity contribution >= 4 is 11.6 Å². The van der Waals surface area contributed by atoms with Crippen LogP contribution in [-0.4, -0.2) is 57.2 Å². The van der Waals surface area contributed by atoms with Crippen LogP contribution in [-0.2, 0) is 18.4 Å². The van der Waals surface area contributed by atoms with Gasteiger partial charge in [0, 0.05) is 57.2 Å². The lowest BCUT2D eigenvalue weighted by atomic mass is 9.84. The molecule has 0 spiro atoms. The summed E-state index contributed by atoms with van der Waals surface area (Å²) in [7, 11) is 1.94. The molecule has 1 aromatic carbocycles. The van der Waals surface area contributed by atoms with Crippen LogP contribution in [0.2, 0.25) is 0 Å². The molecule has 2 aromatic rings. The monoisotopic (exact) mass is 353 g/mol. The Labute approximate surface area is 154 Å². The number of benzene rings is 1. The molecule has 2 fully saturated rings. The van der Waals surface area contributed by atoms with E-state index >= 15 is 0 Å². The Morgan fingerprint density at radius 3 is 2.46 bits per heavy atom. The van der Waals surface area contributed by atoms with E-state index in [1.165, 1.54) is 5.56 Å². The van der Waals surface area contributed by atoms with E-state index in [2.05, 4.69) is 21.5 Å². The Hall–Kier alpha value is -2.34. The molecule has 0 saturated carbocycles. The third-order valence-electron chi connectivity index (χ3n) is 5.58.